The molecular weight excluding hydrogens is 208 g/mol. The quantitative estimate of drug-likeness (QED) is 0.554. The van der Waals surface area contributed by atoms with E-state index < -0.39 is 23.3 Å². The molecule has 0 spiro atoms. The molecule has 0 aromatic heterocycles. The highest BCUT2D eigenvalue weighted by atomic mass is 16.2. The van der Waals surface area contributed by atoms with E-state index >= 15 is 0 Å². The Morgan fingerprint density at radius 3 is 2.06 bits per heavy atom. The summed E-state index contributed by atoms with van der Waals surface area (Å²) in [6, 6.07) is -0.737. The number of rotatable bonds is 4. The highest BCUT2D eigenvalue weighted by molar-refractivity contribution is 6.19. The normalized spacial score (nSPS) is 19.8. The minimum atomic E-state index is -1.14. The largest absolute Gasteiger partial charge is 0.328 e. The summed E-state index contributed by atoms with van der Waals surface area (Å²) < 4.78 is 0. The van der Waals surface area contributed by atoms with Crippen LogP contribution in [0.5, 0.6) is 0 Å². The van der Waals surface area contributed by atoms with E-state index in [4.69, 9.17) is 0 Å². The van der Waals surface area contributed by atoms with Crippen LogP contribution in [0.15, 0.2) is 12.2 Å². The summed E-state index contributed by atoms with van der Waals surface area (Å²) >= 11 is 0. The minimum Gasteiger partial charge on any atom is -0.277 e. The lowest BCUT2D eigenvalue weighted by atomic mass is 9.78. The van der Waals surface area contributed by atoms with Gasteiger partial charge in [-0.3, -0.25) is 20.2 Å². The zero-order valence-electron chi connectivity index (χ0n) is 9.50. The number of allylic oxidation sites excluding steroid dienone is 2. The molecule has 1 aliphatic heterocycles. The number of nitrogens with one attached hydrogen (secondary N) is 2. The molecule has 0 aromatic carbocycles. The molecule has 5 heteroatoms. The fourth-order valence-electron chi connectivity index (χ4n) is 1.68. The van der Waals surface area contributed by atoms with Crippen molar-refractivity contribution in [3.05, 3.63) is 12.2 Å². The molecule has 0 unspecified atom stereocenters. The molecule has 0 aromatic rings. The third-order valence-electron chi connectivity index (χ3n) is 2.80. The Labute approximate surface area is 94.3 Å². The first-order chi connectivity index (χ1) is 7.56. The predicted molar refractivity (Wildman–Crippen MR) is 58.5 cm³/mol. The lowest BCUT2D eigenvalue weighted by Crippen LogP contribution is -2.62. The SMILES string of the molecule is CCC=CCC1(CC)C(=O)NC(=O)NC1=O. The van der Waals surface area contributed by atoms with Crippen molar-refractivity contribution >= 4 is 17.8 Å². The molecular formula is C11H16N2O3. The molecule has 16 heavy (non-hydrogen) atoms. The summed E-state index contributed by atoms with van der Waals surface area (Å²) in [4.78, 5) is 34.4. The van der Waals surface area contributed by atoms with Crippen LogP contribution < -0.4 is 10.6 Å². The molecule has 5 nitrogen and oxygen atoms in total. The van der Waals surface area contributed by atoms with Gasteiger partial charge in [0.2, 0.25) is 11.8 Å². The second-order valence-corrected chi connectivity index (χ2v) is 3.76. The highest BCUT2D eigenvalue weighted by Gasteiger charge is 2.47. The number of amides is 4. The maximum Gasteiger partial charge on any atom is 0.328 e. The molecule has 1 fully saturated rings. The van der Waals surface area contributed by atoms with Crippen molar-refractivity contribution in [1.82, 2.24) is 10.6 Å². The summed E-state index contributed by atoms with van der Waals surface area (Å²) in [5, 5.41) is 4.27. The standard InChI is InChI=1S/C11H16N2O3/c1-3-5-6-7-11(4-2)8(14)12-10(16)13-9(11)15/h5-6H,3-4,7H2,1-2H3,(H2,12,13,14,15,16). The van der Waals surface area contributed by atoms with E-state index in [1.165, 1.54) is 0 Å². The Kier molecular flexibility index (Phi) is 3.82. The summed E-state index contributed by atoms with van der Waals surface area (Å²) in [5.41, 5.74) is -1.14. The molecule has 0 bridgehead atoms. The third kappa shape index (κ3) is 2.13. The number of imide groups is 2. The molecule has 1 heterocycles. The Bertz CT molecular complexity index is 327. The van der Waals surface area contributed by atoms with Gasteiger partial charge >= 0.3 is 6.03 Å². The summed E-state index contributed by atoms with van der Waals surface area (Å²) in [7, 11) is 0. The van der Waals surface area contributed by atoms with E-state index in [0.29, 0.717) is 12.8 Å². The molecule has 0 saturated carbocycles. The van der Waals surface area contributed by atoms with Crippen molar-refractivity contribution in [3.63, 3.8) is 0 Å². The third-order valence-corrected chi connectivity index (χ3v) is 2.80. The molecule has 0 atom stereocenters. The summed E-state index contributed by atoms with van der Waals surface area (Å²) in [5.74, 6) is -1.02. The van der Waals surface area contributed by atoms with Gasteiger partial charge in [-0.05, 0) is 19.3 Å². The molecule has 1 aliphatic rings. The molecule has 4 amide bonds. The number of urea groups is 1. The first-order valence-electron chi connectivity index (χ1n) is 5.38. The molecule has 88 valence electrons. The van der Waals surface area contributed by atoms with E-state index in [1.54, 1.807) is 13.0 Å². The van der Waals surface area contributed by atoms with Crippen molar-refractivity contribution in [3.8, 4) is 0 Å². The average Bonchev–Trinajstić information content (AvgIpc) is 2.22. The van der Waals surface area contributed by atoms with Crippen molar-refractivity contribution < 1.29 is 14.4 Å². The van der Waals surface area contributed by atoms with Gasteiger partial charge in [-0.25, -0.2) is 4.79 Å². The van der Waals surface area contributed by atoms with E-state index in [-0.39, 0.29) is 0 Å². The predicted octanol–water partition coefficient (Wildman–Crippen LogP) is 1.11. The molecule has 0 radical (unpaired) electrons. The average molecular weight is 224 g/mol. The fraction of sp³-hybridized carbons (Fsp3) is 0.545. The van der Waals surface area contributed by atoms with Crippen LogP contribution in [-0.4, -0.2) is 17.8 Å². The Morgan fingerprint density at radius 2 is 1.62 bits per heavy atom. The van der Waals surface area contributed by atoms with Crippen LogP contribution in [-0.2, 0) is 9.59 Å². The van der Waals surface area contributed by atoms with Gasteiger partial charge in [0, 0.05) is 0 Å². The smallest absolute Gasteiger partial charge is 0.277 e. The zero-order chi connectivity index (χ0) is 12.2. The second-order valence-electron chi connectivity index (χ2n) is 3.76. The van der Waals surface area contributed by atoms with Crippen molar-refractivity contribution in [2.75, 3.05) is 0 Å². The molecule has 0 aliphatic carbocycles. The van der Waals surface area contributed by atoms with Crippen LogP contribution in [0.25, 0.3) is 0 Å². The maximum atomic E-state index is 11.7. The molecule has 2 N–H and O–H groups in total. The topological polar surface area (TPSA) is 75.3 Å². The molecule has 1 saturated heterocycles. The number of hydrogen-bond acceptors (Lipinski definition) is 3. The highest BCUT2D eigenvalue weighted by Crippen LogP contribution is 2.29. The van der Waals surface area contributed by atoms with Crippen LogP contribution in [0.3, 0.4) is 0 Å². The van der Waals surface area contributed by atoms with Crippen LogP contribution in [0.2, 0.25) is 0 Å². The Hall–Kier alpha value is -1.65. The van der Waals surface area contributed by atoms with Gasteiger partial charge in [0.05, 0.1) is 0 Å². The van der Waals surface area contributed by atoms with Gasteiger partial charge < -0.3 is 0 Å². The van der Waals surface area contributed by atoms with E-state index in [9.17, 15) is 14.4 Å². The maximum absolute atomic E-state index is 11.7. The number of carbonyl (C=O) groups is 3. The van der Waals surface area contributed by atoms with Gasteiger partial charge in [0.15, 0.2) is 0 Å². The minimum absolute atomic E-state index is 0.322. The van der Waals surface area contributed by atoms with E-state index in [2.05, 4.69) is 10.6 Å². The monoisotopic (exact) mass is 224 g/mol. The summed E-state index contributed by atoms with van der Waals surface area (Å²) in [6.07, 6.45) is 5.24. The Balaban J connectivity index is 2.91. The lowest BCUT2D eigenvalue weighted by Gasteiger charge is -2.31. The van der Waals surface area contributed by atoms with Crippen molar-refractivity contribution in [2.24, 2.45) is 5.41 Å². The lowest BCUT2D eigenvalue weighted by molar-refractivity contribution is -0.144. The van der Waals surface area contributed by atoms with Gasteiger partial charge in [-0.2, -0.15) is 0 Å². The van der Waals surface area contributed by atoms with Crippen LogP contribution in [0.1, 0.15) is 33.1 Å². The second kappa shape index (κ2) is 4.92. The first kappa shape index (κ1) is 12.4. The van der Waals surface area contributed by atoms with E-state index in [0.717, 1.165) is 6.42 Å². The van der Waals surface area contributed by atoms with Crippen molar-refractivity contribution in [1.29, 1.82) is 0 Å². The first-order valence-corrected chi connectivity index (χ1v) is 5.38. The van der Waals surface area contributed by atoms with E-state index in [1.807, 2.05) is 13.0 Å². The van der Waals surface area contributed by atoms with Crippen LogP contribution in [0.4, 0.5) is 4.79 Å². The number of carbonyl (C=O) groups excluding carboxylic acids is 3. The van der Waals surface area contributed by atoms with Gasteiger partial charge in [-0.15, -0.1) is 0 Å². The van der Waals surface area contributed by atoms with Crippen molar-refractivity contribution in [2.45, 2.75) is 33.1 Å². The number of hydrogen-bond donors (Lipinski definition) is 2. The van der Waals surface area contributed by atoms with Gasteiger partial charge in [-0.1, -0.05) is 26.0 Å². The Morgan fingerprint density at radius 1 is 1.06 bits per heavy atom. The van der Waals surface area contributed by atoms with Crippen LogP contribution in [0, 0.1) is 5.41 Å². The van der Waals surface area contributed by atoms with Gasteiger partial charge in [0.1, 0.15) is 5.41 Å². The fourth-order valence-corrected chi connectivity index (χ4v) is 1.68. The zero-order valence-corrected chi connectivity index (χ0v) is 9.50. The molecule has 1 rings (SSSR count). The number of barbiturate groups is 1. The van der Waals surface area contributed by atoms with Crippen LogP contribution >= 0.6 is 0 Å². The summed E-state index contributed by atoms with van der Waals surface area (Å²) in [6.45, 7) is 3.73. The van der Waals surface area contributed by atoms with Gasteiger partial charge in [0.25, 0.3) is 0 Å².